The van der Waals surface area contributed by atoms with Crippen LogP contribution in [0.2, 0.25) is 0 Å². The normalized spacial score (nSPS) is 28.6. The largest absolute Gasteiger partial charge is 0.455 e. The average Bonchev–Trinajstić information content (AvgIpc) is 3.63. The summed E-state index contributed by atoms with van der Waals surface area (Å²) in [4.78, 5) is 58.2. The zero-order valence-corrected chi connectivity index (χ0v) is 28.0. The van der Waals surface area contributed by atoms with E-state index in [-0.39, 0.29) is 48.8 Å². The van der Waals surface area contributed by atoms with Crippen LogP contribution in [0.1, 0.15) is 64.5 Å². The average molecular weight is 689 g/mol. The Morgan fingerprint density at radius 2 is 1.96 bits per heavy atom. The van der Waals surface area contributed by atoms with Gasteiger partial charge in [-0.05, 0) is 38.7 Å². The van der Waals surface area contributed by atoms with Crippen molar-refractivity contribution < 1.29 is 33.8 Å². The van der Waals surface area contributed by atoms with Gasteiger partial charge in [0.2, 0.25) is 17.7 Å². The van der Waals surface area contributed by atoms with Gasteiger partial charge >= 0.3 is 5.97 Å². The number of fused-ring (bicyclic) bond motifs is 1. The molecule has 2 unspecified atom stereocenters. The van der Waals surface area contributed by atoms with Crippen LogP contribution in [-0.2, 0) is 28.7 Å². The fourth-order valence-corrected chi connectivity index (χ4v) is 8.12. The number of halogens is 1. The Morgan fingerprint density at radius 1 is 1.24 bits per heavy atom. The molecule has 9 atom stereocenters. The number of amides is 3. The SMILES string of the molecule is C=CCCC(=O)NC[C@H](OC(=O)[C@H]1[C@@H]2O[C@@]3(CC2Br)[C@@H]1C(=O)N([C@H](C)CO)[C@@H]3C(=O)N(CC=C)C(C)CCC)c1ccccc1. The molecule has 1 spiro atoms. The molecule has 4 rings (SSSR count). The van der Waals surface area contributed by atoms with Gasteiger partial charge in [-0.3, -0.25) is 19.2 Å². The number of benzene rings is 1. The number of ether oxygens (including phenoxy) is 2. The first kappa shape index (κ1) is 34.8. The van der Waals surface area contributed by atoms with Crippen molar-refractivity contribution >= 4 is 39.6 Å². The number of likely N-dealkylation sites (tertiary alicyclic amines) is 1. The zero-order chi connectivity index (χ0) is 32.9. The topological polar surface area (TPSA) is 125 Å². The van der Waals surface area contributed by atoms with Crippen molar-refractivity contribution in [2.75, 3.05) is 19.7 Å². The predicted octanol–water partition coefficient (Wildman–Crippen LogP) is 3.69. The standard InChI is InChI=1S/C34H46BrN3O7/c1-6-9-16-26(40)36-19-25(23-14-11-10-12-15-23)44-33(43)27-28-31(41)38(22(5)20-39)30(34(28)18-24(35)29(27)45-34)32(42)37(17-8-3)21(4)13-7-2/h6,8,10-12,14-15,21-22,24-25,27-30,39H,1,3,7,9,13,16-20H2,2,4-5H3,(H,36,40)/t21?,22-,24?,25+,27-,28+,29-,30-,34+/m1/s1. The smallest absolute Gasteiger partial charge is 0.313 e. The molecule has 3 fully saturated rings. The maximum atomic E-state index is 14.5. The molecule has 1 aromatic rings. The van der Waals surface area contributed by atoms with E-state index in [0.717, 1.165) is 12.8 Å². The minimum Gasteiger partial charge on any atom is -0.455 e. The van der Waals surface area contributed by atoms with E-state index in [1.807, 2.05) is 44.2 Å². The zero-order valence-electron chi connectivity index (χ0n) is 26.4. The summed E-state index contributed by atoms with van der Waals surface area (Å²) in [5, 5.41) is 13.0. The molecule has 0 radical (unpaired) electrons. The number of aliphatic hydroxyl groups is 1. The van der Waals surface area contributed by atoms with Gasteiger partial charge in [0.1, 0.15) is 17.7 Å². The third-order valence-corrected chi connectivity index (χ3v) is 10.2. The van der Waals surface area contributed by atoms with Crippen LogP contribution in [0.3, 0.4) is 0 Å². The van der Waals surface area contributed by atoms with Crippen LogP contribution in [0, 0.1) is 11.8 Å². The molecule has 1 aromatic carbocycles. The number of esters is 1. The van der Waals surface area contributed by atoms with E-state index in [1.165, 1.54) is 4.90 Å². The highest BCUT2D eigenvalue weighted by Gasteiger charge is 2.77. The molecule has 3 amide bonds. The van der Waals surface area contributed by atoms with Crippen LogP contribution < -0.4 is 5.32 Å². The highest BCUT2D eigenvalue weighted by Crippen LogP contribution is 2.61. The maximum Gasteiger partial charge on any atom is 0.313 e. The second-order valence-electron chi connectivity index (χ2n) is 12.3. The Hall–Kier alpha value is -3.02. The van der Waals surface area contributed by atoms with Gasteiger partial charge in [-0.25, -0.2) is 0 Å². The van der Waals surface area contributed by atoms with Gasteiger partial charge < -0.3 is 29.7 Å². The molecule has 3 heterocycles. The summed E-state index contributed by atoms with van der Waals surface area (Å²) in [5.74, 6) is -3.49. The van der Waals surface area contributed by atoms with Gasteiger partial charge in [-0.2, -0.15) is 0 Å². The molecule has 3 aliphatic heterocycles. The lowest BCUT2D eigenvalue weighted by Gasteiger charge is -2.40. The number of carbonyl (C=O) groups is 4. The summed E-state index contributed by atoms with van der Waals surface area (Å²) < 4.78 is 12.7. The first-order valence-corrected chi connectivity index (χ1v) is 16.8. The predicted molar refractivity (Wildman–Crippen MR) is 173 cm³/mol. The number of hydrogen-bond acceptors (Lipinski definition) is 7. The maximum absolute atomic E-state index is 14.5. The van der Waals surface area contributed by atoms with Gasteiger partial charge in [0.25, 0.3) is 0 Å². The number of carbonyl (C=O) groups excluding carboxylic acids is 4. The summed E-state index contributed by atoms with van der Waals surface area (Å²) in [6.07, 6.45) is 4.56. The van der Waals surface area contributed by atoms with Crippen LogP contribution in [0.25, 0.3) is 0 Å². The molecule has 3 saturated heterocycles. The summed E-state index contributed by atoms with van der Waals surface area (Å²) >= 11 is 3.69. The minimum absolute atomic E-state index is 0.0477. The lowest BCUT2D eigenvalue weighted by atomic mass is 9.70. The van der Waals surface area contributed by atoms with Crippen LogP contribution >= 0.6 is 15.9 Å². The summed E-state index contributed by atoms with van der Waals surface area (Å²) in [6, 6.07) is 7.26. The number of hydrogen-bond donors (Lipinski definition) is 2. The van der Waals surface area contributed by atoms with Crippen LogP contribution in [-0.4, -0.2) is 93.0 Å². The van der Waals surface area contributed by atoms with Crippen molar-refractivity contribution in [2.45, 2.75) is 93.6 Å². The first-order chi connectivity index (χ1) is 21.6. The third-order valence-electron chi connectivity index (χ3n) is 9.31. The monoisotopic (exact) mass is 687 g/mol. The van der Waals surface area contributed by atoms with Crippen LogP contribution in [0.15, 0.2) is 55.6 Å². The molecular formula is C34H46BrN3O7. The van der Waals surface area contributed by atoms with E-state index in [1.54, 1.807) is 24.0 Å². The van der Waals surface area contributed by atoms with E-state index in [2.05, 4.69) is 34.4 Å². The van der Waals surface area contributed by atoms with E-state index >= 15 is 0 Å². The highest BCUT2D eigenvalue weighted by atomic mass is 79.9. The molecule has 2 bridgehead atoms. The number of rotatable bonds is 16. The van der Waals surface area contributed by atoms with Crippen molar-refractivity contribution in [1.82, 2.24) is 15.1 Å². The van der Waals surface area contributed by atoms with Gasteiger partial charge in [-0.15, -0.1) is 13.2 Å². The molecule has 11 heteroatoms. The summed E-state index contributed by atoms with van der Waals surface area (Å²) in [6.45, 7) is 13.2. The highest BCUT2D eigenvalue weighted by molar-refractivity contribution is 9.09. The number of nitrogens with one attached hydrogen (secondary N) is 1. The third kappa shape index (κ3) is 6.76. The molecule has 2 N–H and O–H groups in total. The fraction of sp³-hybridized carbons (Fsp3) is 0.588. The molecule has 246 valence electrons. The molecule has 3 aliphatic rings. The van der Waals surface area contributed by atoms with Crippen molar-refractivity contribution in [3.05, 3.63) is 61.2 Å². The molecule has 0 saturated carbocycles. The van der Waals surface area contributed by atoms with E-state index in [9.17, 15) is 24.3 Å². The van der Waals surface area contributed by atoms with Crippen LogP contribution in [0.4, 0.5) is 0 Å². The number of alkyl halides is 1. The van der Waals surface area contributed by atoms with Crippen molar-refractivity contribution in [1.29, 1.82) is 0 Å². The Bertz CT molecular complexity index is 1260. The lowest BCUT2D eigenvalue weighted by molar-refractivity contribution is -0.161. The molecule has 0 aliphatic carbocycles. The number of nitrogens with zero attached hydrogens (tertiary/aromatic N) is 2. The number of allylic oxidation sites excluding steroid dienone is 1. The molecular weight excluding hydrogens is 642 g/mol. The van der Waals surface area contributed by atoms with E-state index < -0.39 is 53.6 Å². The summed E-state index contributed by atoms with van der Waals surface area (Å²) in [5.41, 5.74) is -0.595. The fourth-order valence-electron chi connectivity index (χ4n) is 7.18. The van der Waals surface area contributed by atoms with E-state index in [4.69, 9.17) is 9.47 Å². The Morgan fingerprint density at radius 3 is 2.58 bits per heavy atom. The molecule has 10 nitrogen and oxygen atoms in total. The van der Waals surface area contributed by atoms with Crippen LogP contribution in [0.5, 0.6) is 0 Å². The van der Waals surface area contributed by atoms with E-state index in [0.29, 0.717) is 18.4 Å². The number of aliphatic hydroxyl groups excluding tert-OH is 1. The van der Waals surface area contributed by atoms with Crippen molar-refractivity contribution in [2.24, 2.45) is 11.8 Å². The lowest BCUT2D eigenvalue weighted by Crippen LogP contribution is -2.59. The van der Waals surface area contributed by atoms with Crippen molar-refractivity contribution in [3.8, 4) is 0 Å². The molecule has 45 heavy (non-hydrogen) atoms. The second-order valence-corrected chi connectivity index (χ2v) is 13.5. The van der Waals surface area contributed by atoms with Gasteiger partial charge in [0, 0.05) is 23.8 Å². The van der Waals surface area contributed by atoms with Gasteiger partial charge in [0.15, 0.2) is 0 Å². The quantitative estimate of drug-likeness (QED) is 0.154. The first-order valence-electron chi connectivity index (χ1n) is 15.8. The second kappa shape index (κ2) is 15.0. The Labute approximate surface area is 274 Å². The summed E-state index contributed by atoms with van der Waals surface area (Å²) in [7, 11) is 0. The van der Waals surface area contributed by atoms with Gasteiger partial charge in [0.05, 0.1) is 37.1 Å². The Balaban J connectivity index is 1.68. The molecule has 0 aromatic heterocycles. The minimum atomic E-state index is -1.29. The van der Waals surface area contributed by atoms with Crippen molar-refractivity contribution in [3.63, 3.8) is 0 Å². The Kier molecular flexibility index (Phi) is 11.7. The van der Waals surface area contributed by atoms with Gasteiger partial charge in [-0.1, -0.05) is 71.8 Å².